The Morgan fingerprint density at radius 1 is 1.00 bits per heavy atom. The van der Waals surface area contributed by atoms with Crippen LogP contribution in [-0.4, -0.2) is 27.8 Å². The zero-order valence-corrected chi connectivity index (χ0v) is 12.0. The second-order valence-corrected chi connectivity index (χ2v) is 4.86. The third kappa shape index (κ3) is 2.82. The summed E-state index contributed by atoms with van der Waals surface area (Å²) in [7, 11) is 0. The van der Waals surface area contributed by atoms with E-state index in [-0.39, 0.29) is 16.2 Å². The lowest BCUT2D eigenvalue weighted by Crippen LogP contribution is -2.33. The van der Waals surface area contributed by atoms with Crippen LogP contribution < -0.4 is 0 Å². The number of alkyl halides is 3. The van der Waals surface area contributed by atoms with Crippen LogP contribution >= 0.6 is 0 Å². The molecule has 0 atom stereocenters. The summed E-state index contributed by atoms with van der Waals surface area (Å²) in [6, 6.07) is 6.49. The maximum absolute atomic E-state index is 13.7. The molecule has 0 fully saturated rings. The molecule has 0 saturated heterocycles. The molecule has 3 rings (SSSR count). The van der Waals surface area contributed by atoms with Crippen molar-refractivity contribution in [3.8, 4) is 0 Å². The minimum absolute atomic E-state index is 0.0219. The van der Waals surface area contributed by atoms with E-state index in [1.54, 1.807) is 0 Å². The summed E-state index contributed by atoms with van der Waals surface area (Å²) in [6.07, 6.45) is -4.90. The minimum Gasteiger partial charge on any atom is -0.324 e. The van der Waals surface area contributed by atoms with Crippen molar-refractivity contribution in [2.45, 2.75) is 6.18 Å². The third-order valence-electron chi connectivity index (χ3n) is 3.29. The van der Waals surface area contributed by atoms with E-state index < -0.39 is 41.2 Å². The van der Waals surface area contributed by atoms with E-state index in [2.05, 4.69) is 9.82 Å². The van der Waals surface area contributed by atoms with Gasteiger partial charge in [0, 0.05) is 0 Å². The number of halogens is 4. The molecular formula is C15H6F4N2O4. The monoisotopic (exact) mass is 354 g/mol. The molecule has 0 saturated carbocycles. The molecule has 6 nitrogen and oxygen atoms in total. The zero-order valence-electron chi connectivity index (χ0n) is 12.0. The number of amides is 2. The van der Waals surface area contributed by atoms with E-state index in [4.69, 9.17) is 0 Å². The number of benzene rings is 1. The van der Waals surface area contributed by atoms with Crippen LogP contribution in [0.1, 0.15) is 36.8 Å². The lowest BCUT2D eigenvalue weighted by Gasteiger charge is -2.13. The molecule has 128 valence electrons. The number of hydrogen-bond acceptors (Lipinski definition) is 5. The Morgan fingerprint density at radius 2 is 1.56 bits per heavy atom. The quantitative estimate of drug-likeness (QED) is 0.471. The Bertz CT molecular complexity index is 876. The highest BCUT2D eigenvalue weighted by Crippen LogP contribution is 2.28. The Balaban J connectivity index is 1.85. The van der Waals surface area contributed by atoms with E-state index in [0.717, 1.165) is 0 Å². The molecule has 0 aliphatic carbocycles. The van der Waals surface area contributed by atoms with Crippen LogP contribution in [0.5, 0.6) is 0 Å². The number of hydroxylamine groups is 2. The molecule has 0 N–H and O–H groups in total. The van der Waals surface area contributed by atoms with Gasteiger partial charge in [-0.05, 0) is 24.3 Å². The molecule has 0 bridgehead atoms. The molecule has 1 aromatic heterocycles. The van der Waals surface area contributed by atoms with Crippen LogP contribution in [0, 0.1) is 5.95 Å². The Hall–Kier alpha value is -3.30. The number of carbonyl (C=O) groups is 3. The van der Waals surface area contributed by atoms with Crippen LogP contribution in [0.3, 0.4) is 0 Å². The summed E-state index contributed by atoms with van der Waals surface area (Å²) < 4.78 is 51.0. The first kappa shape index (κ1) is 16.6. The van der Waals surface area contributed by atoms with Gasteiger partial charge in [0.2, 0.25) is 5.95 Å². The second-order valence-electron chi connectivity index (χ2n) is 4.86. The van der Waals surface area contributed by atoms with Crippen molar-refractivity contribution in [3.63, 3.8) is 0 Å². The van der Waals surface area contributed by atoms with Gasteiger partial charge in [-0.2, -0.15) is 17.6 Å². The number of hydrogen-bond donors (Lipinski definition) is 0. The van der Waals surface area contributed by atoms with Crippen LogP contribution in [0.25, 0.3) is 0 Å². The van der Waals surface area contributed by atoms with Crippen molar-refractivity contribution in [3.05, 3.63) is 64.7 Å². The fourth-order valence-corrected chi connectivity index (χ4v) is 2.13. The van der Waals surface area contributed by atoms with Crippen molar-refractivity contribution in [2.24, 2.45) is 0 Å². The normalized spacial score (nSPS) is 13.8. The van der Waals surface area contributed by atoms with Gasteiger partial charge in [-0.1, -0.05) is 17.2 Å². The van der Waals surface area contributed by atoms with Gasteiger partial charge < -0.3 is 4.84 Å². The van der Waals surface area contributed by atoms with Gasteiger partial charge in [-0.25, -0.2) is 9.78 Å². The average Bonchev–Trinajstić information content (AvgIpc) is 2.79. The molecule has 10 heteroatoms. The molecule has 1 aromatic carbocycles. The van der Waals surface area contributed by atoms with E-state index in [1.165, 1.54) is 24.3 Å². The summed E-state index contributed by atoms with van der Waals surface area (Å²) in [5, 5.41) is 0.115. The molecule has 25 heavy (non-hydrogen) atoms. The van der Waals surface area contributed by atoms with Gasteiger partial charge in [-0.15, -0.1) is 0 Å². The molecule has 2 amide bonds. The fraction of sp³-hybridized carbons (Fsp3) is 0.0667. The summed E-state index contributed by atoms with van der Waals surface area (Å²) in [5.74, 6) is -5.17. The fourth-order valence-electron chi connectivity index (χ4n) is 2.13. The van der Waals surface area contributed by atoms with Gasteiger partial charge >= 0.3 is 12.1 Å². The number of fused-ring (bicyclic) bond motifs is 1. The van der Waals surface area contributed by atoms with Crippen LogP contribution in [0.2, 0.25) is 0 Å². The maximum atomic E-state index is 13.7. The second kappa shape index (κ2) is 5.65. The van der Waals surface area contributed by atoms with Gasteiger partial charge in [0.1, 0.15) is 11.3 Å². The minimum atomic E-state index is -4.90. The first-order valence-corrected chi connectivity index (χ1v) is 6.64. The largest absolute Gasteiger partial charge is 0.433 e. The van der Waals surface area contributed by atoms with E-state index >= 15 is 0 Å². The molecule has 2 heterocycles. The topological polar surface area (TPSA) is 76.6 Å². The van der Waals surface area contributed by atoms with E-state index in [1.807, 2.05) is 0 Å². The van der Waals surface area contributed by atoms with E-state index in [0.29, 0.717) is 12.1 Å². The van der Waals surface area contributed by atoms with Crippen molar-refractivity contribution >= 4 is 17.8 Å². The molecule has 0 spiro atoms. The highest BCUT2D eigenvalue weighted by Gasteiger charge is 2.39. The molecular weight excluding hydrogens is 348 g/mol. The van der Waals surface area contributed by atoms with Crippen molar-refractivity contribution < 1.29 is 36.8 Å². The maximum Gasteiger partial charge on any atom is 0.433 e. The number of pyridine rings is 1. The highest BCUT2D eigenvalue weighted by molar-refractivity contribution is 6.21. The molecule has 1 aliphatic rings. The highest BCUT2D eigenvalue weighted by atomic mass is 19.4. The van der Waals surface area contributed by atoms with Gasteiger partial charge in [0.25, 0.3) is 11.8 Å². The Kier molecular flexibility index (Phi) is 3.74. The Labute approximate surface area is 136 Å². The Morgan fingerprint density at radius 3 is 2.04 bits per heavy atom. The van der Waals surface area contributed by atoms with Crippen molar-refractivity contribution in [1.82, 2.24) is 10.0 Å². The van der Waals surface area contributed by atoms with Crippen molar-refractivity contribution in [2.75, 3.05) is 0 Å². The van der Waals surface area contributed by atoms with Crippen LogP contribution in [0.4, 0.5) is 17.6 Å². The SMILES string of the molecule is O=C(ON1C(=O)c2ccccc2C1=O)c1ccc(C(F)(F)F)nc1F. The standard InChI is InChI=1S/C15H6F4N2O4/c16-11-9(5-6-10(20-11)15(17,18)19)14(24)25-21-12(22)7-3-1-2-4-8(7)13(21)23/h1-6H. The van der Waals surface area contributed by atoms with Crippen LogP contribution in [-0.2, 0) is 11.0 Å². The van der Waals surface area contributed by atoms with Gasteiger partial charge in [0.15, 0.2) is 0 Å². The zero-order chi connectivity index (χ0) is 18.4. The summed E-state index contributed by atoms with van der Waals surface area (Å²) >= 11 is 0. The number of carbonyl (C=O) groups excluding carboxylic acids is 3. The predicted octanol–water partition coefficient (Wildman–Crippen LogP) is 2.61. The van der Waals surface area contributed by atoms with Crippen LogP contribution in [0.15, 0.2) is 36.4 Å². The van der Waals surface area contributed by atoms with E-state index in [9.17, 15) is 31.9 Å². The first-order valence-electron chi connectivity index (χ1n) is 6.64. The first-order chi connectivity index (χ1) is 11.7. The molecule has 2 aromatic rings. The summed E-state index contributed by atoms with van der Waals surface area (Å²) in [6.45, 7) is 0. The summed E-state index contributed by atoms with van der Waals surface area (Å²) in [5.41, 5.74) is -2.54. The van der Waals surface area contributed by atoms with Gasteiger partial charge in [0.05, 0.1) is 11.1 Å². The van der Waals surface area contributed by atoms with Crippen molar-refractivity contribution in [1.29, 1.82) is 0 Å². The lowest BCUT2D eigenvalue weighted by atomic mass is 10.1. The molecule has 1 aliphatic heterocycles. The third-order valence-corrected chi connectivity index (χ3v) is 3.29. The van der Waals surface area contributed by atoms with Gasteiger partial charge in [-0.3, -0.25) is 9.59 Å². The molecule has 0 radical (unpaired) electrons. The predicted molar refractivity (Wildman–Crippen MR) is 71.6 cm³/mol. The number of imide groups is 1. The smallest absolute Gasteiger partial charge is 0.324 e. The summed E-state index contributed by atoms with van der Waals surface area (Å²) in [4.78, 5) is 43.1. The number of rotatable bonds is 2. The lowest BCUT2D eigenvalue weighted by molar-refractivity contribution is -0.141. The average molecular weight is 354 g/mol. The molecule has 0 unspecified atom stereocenters. The number of nitrogens with zero attached hydrogens (tertiary/aromatic N) is 2. The number of aromatic nitrogens is 1.